The van der Waals surface area contributed by atoms with Crippen LogP contribution in [0.25, 0.3) is 0 Å². The van der Waals surface area contributed by atoms with E-state index in [1.165, 1.54) is 0 Å². The van der Waals surface area contributed by atoms with Crippen LogP contribution in [0.5, 0.6) is 5.75 Å². The molecule has 0 saturated carbocycles. The molecule has 2 N–H and O–H groups in total. The van der Waals surface area contributed by atoms with E-state index >= 15 is 0 Å². The van der Waals surface area contributed by atoms with E-state index in [0.29, 0.717) is 6.61 Å². The number of rotatable bonds is 8. The Morgan fingerprint density at radius 2 is 2.41 bits per heavy atom. The van der Waals surface area contributed by atoms with Gasteiger partial charge in [0.05, 0.1) is 12.3 Å². The Morgan fingerprint density at radius 1 is 1.59 bits per heavy atom. The Kier molecular flexibility index (Phi) is 7.10. The third-order valence-corrected chi connectivity index (χ3v) is 2.88. The van der Waals surface area contributed by atoms with Crippen LogP contribution in [-0.4, -0.2) is 36.0 Å². The number of nitrogens with zero attached hydrogens (tertiary/aromatic N) is 1. The topological polar surface area (TPSA) is 54.4 Å². The van der Waals surface area contributed by atoms with Crippen LogP contribution in [0.2, 0.25) is 0 Å². The van der Waals surface area contributed by atoms with Crippen molar-refractivity contribution < 1.29 is 9.84 Å². The summed E-state index contributed by atoms with van der Waals surface area (Å²) in [6.07, 6.45) is 5.09. The number of pyridine rings is 1. The summed E-state index contributed by atoms with van der Waals surface area (Å²) in [5.74, 6) is 0.785. The number of aryl methyl sites for hydroxylation is 1. The molecular formula is C12H21N2O2P. The van der Waals surface area contributed by atoms with Crippen molar-refractivity contribution in [2.24, 2.45) is 0 Å². The predicted octanol–water partition coefficient (Wildman–Crippen LogP) is 1.59. The second kappa shape index (κ2) is 8.40. The van der Waals surface area contributed by atoms with E-state index in [0.717, 1.165) is 39.4 Å². The van der Waals surface area contributed by atoms with Crippen LogP contribution < -0.4 is 9.82 Å². The van der Waals surface area contributed by atoms with Crippen LogP contribution in [0.15, 0.2) is 18.5 Å². The van der Waals surface area contributed by atoms with Crippen molar-refractivity contribution in [2.75, 3.05) is 19.8 Å². The molecule has 0 bridgehead atoms. The van der Waals surface area contributed by atoms with Gasteiger partial charge in [0.1, 0.15) is 12.4 Å². The molecule has 0 aliphatic rings. The molecule has 0 aliphatic heterocycles. The lowest BCUT2D eigenvalue weighted by atomic mass is 10.1. The third-order valence-electron chi connectivity index (χ3n) is 2.27. The van der Waals surface area contributed by atoms with Crippen LogP contribution in [0.4, 0.5) is 0 Å². The molecule has 0 radical (unpaired) electrons. The first-order valence-corrected chi connectivity index (χ1v) is 7.37. The maximum atomic E-state index is 9.20. The van der Waals surface area contributed by atoms with Gasteiger partial charge >= 0.3 is 0 Å². The molecule has 0 fully saturated rings. The minimum absolute atomic E-state index is 0.313. The highest BCUT2D eigenvalue weighted by Gasteiger charge is 2.04. The van der Waals surface area contributed by atoms with Crippen LogP contribution in [0.1, 0.15) is 18.9 Å². The highest BCUT2D eigenvalue weighted by atomic mass is 31.1. The second-order valence-electron chi connectivity index (χ2n) is 3.92. The monoisotopic (exact) mass is 256 g/mol. The molecule has 0 amide bonds. The van der Waals surface area contributed by atoms with E-state index in [2.05, 4.69) is 16.7 Å². The molecule has 1 aromatic rings. The third kappa shape index (κ3) is 5.97. The lowest BCUT2D eigenvalue weighted by Gasteiger charge is -2.12. The summed E-state index contributed by atoms with van der Waals surface area (Å²) in [6, 6.07) is 1.98. The smallest absolute Gasteiger partial charge is 0.140 e. The van der Waals surface area contributed by atoms with Crippen molar-refractivity contribution in [2.45, 2.75) is 25.9 Å². The van der Waals surface area contributed by atoms with E-state index in [1.807, 2.05) is 6.07 Å². The number of hydrogen-bond acceptors (Lipinski definition) is 4. The van der Waals surface area contributed by atoms with Crippen LogP contribution in [-0.2, 0) is 6.42 Å². The molecule has 1 heterocycles. The first-order chi connectivity index (χ1) is 8.24. The Morgan fingerprint density at radius 3 is 3.12 bits per heavy atom. The lowest BCUT2D eigenvalue weighted by Crippen LogP contribution is -2.14. The zero-order valence-corrected chi connectivity index (χ0v) is 11.4. The average Bonchev–Trinajstić information content (AvgIpc) is 2.33. The van der Waals surface area contributed by atoms with Gasteiger partial charge in [0.25, 0.3) is 0 Å². The Bertz CT molecular complexity index is 321. The predicted molar refractivity (Wildman–Crippen MR) is 72.0 cm³/mol. The Balaban J connectivity index is 2.46. The van der Waals surface area contributed by atoms with Gasteiger partial charge in [-0.1, -0.05) is 8.73 Å². The minimum Gasteiger partial charge on any atom is -0.489 e. The number of aliphatic hydroxyl groups is 1. The van der Waals surface area contributed by atoms with Gasteiger partial charge in [0, 0.05) is 6.20 Å². The molecule has 0 aliphatic carbocycles. The van der Waals surface area contributed by atoms with Crippen molar-refractivity contribution in [1.29, 1.82) is 0 Å². The highest BCUT2D eigenvalue weighted by molar-refractivity contribution is 7.34. The molecule has 4 nitrogen and oxygen atoms in total. The molecular weight excluding hydrogens is 235 g/mol. The zero-order chi connectivity index (χ0) is 12.5. The van der Waals surface area contributed by atoms with Gasteiger partial charge in [-0.2, -0.15) is 0 Å². The van der Waals surface area contributed by atoms with E-state index in [9.17, 15) is 5.11 Å². The first kappa shape index (κ1) is 14.4. The van der Waals surface area contributed by atoms with Crippen molar-refractivity contribution in [3.63, 3.8) is 0 Å². The fraction of sp³-hybridized carbons (Fsp3) is 0.583. The quantitative estimate of drug-likeness (QED) is 0.548. The van der Waals surface area contributed by atoms with Gasteiger partial charge in [-0.3, -0.25) is 10.1 Å². The van der Waals surface area contributed by atoms with Crippen LogP contribution in [0.3, 0.4) is 0 Å². The molecule has 1 aromatic heterocycles. The molecule has 0 saturated heterocycles. The summed E-state index contributed by atoms with van der Waals surface area (Å²) in [6.45, 7) is 5.17. The van der Waals surface area contributed by atoms with Crippen molar-refractivity contribution in [1.82, 2.24) is 10.1 Å². The number of nitrogens with one attached hydrogen (secondary N) is 1. The minimum atomic E-state index is -0.453. The Hall–Kier alpha value is -0.700. The molecule has 5 heteroatoms. The standard InChI is InChI=1S/C12H21N2O2P/c1-10(15)9-16-12-8-13-7-5-11(12)4-3-6-14-17-2/h5,7-8,10,14-15,17H,3-4,6,9H2,1-2H3. The maximum absolute atomic E-state index is 9.20. The SMILES string of the molecule is CPNCCCc1ccncc1OCC(C)O. The largest absolute Gasteiger partial charge is 0.489 e. The molecule has 1 rings (SSSR count). The van der Waals surface area contributed by atoms with Gasteiger partial charge in [-0.05, 0) is 44.6 Å². The molecule has 2 unspecified atom stereocenters. The second-order valence-corrected chi connectivity index (χ2v) is 4.78. The van der Waals surface area contributed by atoms with E-state index in [1.54, 1.807) is 19.3 Å². The Labute approximate surface area is 105 Å². The number of aromatic nitrogens is 1. The summed E-state index contributed by atoms with van der Waals surface area (Å²) in [4.78, 5) is 4.05. The number of hydrogen-bond donors (Lipinski definition) is 2. The van der Waals surface area contributed by atoms with Crippen molar-refractivity contribution in [3.05, 3.63) is 24.0 Å². The highest BCUT2D eigenvalue weighted by Crippen LogP contribution is 2.18. The van der Waals surface area contributed by atoms with Gasteiger partial charge in [-0.15, -0.1) is 0 Å². The van der Waals surface area contributed by atoms with E-state index < -0.39 is 6.10 Å². The fourth-order valence-corrected chi connectivity index (χ4v) is 1.87. The summed E-state index contributed by atoms with van der Waals surface area (Å²) in [7, 11) is 0.793. The first-order valence-electron chi connectivity index (χ1n) is 5.87. The summed E-state index contributed by atoms with van der Waals surface area (Å²) < 4.78 is 5.52. The summed E-state index contributed by atoms with van der Waals surface area (Å²) >= 11 is 0. The lowest BCUT2D eigenvalue weighted by molar-refractivity contribution is 0.122. The normalized spacial score (nSPS) is 13.1. The summed E-state index contributed by atoms with van der Waals surface area (Å²) in [5.41, 5.74) is 1.15. The number of aliphatic hydroxyl groups excluding tert-OH is 1. The van der Waals surface area contributed by atoms with Crippen LogP contribution in [0, 0.1) is 0 Å². The zero-order valence-electron chi connectivity index (χ0n) is 10.4. The molecule has 96 valence electrons. The van der Waals surface area contributed by atoms with Crippen LogP contribution >= 0.6 is 8.73 Å². The molecule has 0 aromatic carbocycles. The van der Waals surface area contributed by atoms with Crippen molar-refractivity contribution >= 4 is 8.73 Å². The molecule has 0 spiro atoms. The fourth-order valence-electron chi connectivity index (χ4n) is 1.45. The van der Waals surface area contributed by atoms with Gasteiger partial charge in [0.2, 0.25) is 0 Å². The van der Waals surface area contributed by atoms with E-state index in [4.69, 9.17) is 4.74 Å². The maximum Gasteiger partial charge on any atom is 0.140 e. The van der Waals surface area contributed by atoms with Gasteiger partial charge < -0.3 is 9.84 Å². The van der Waals surface area contributed by atoms with E-state index in [-0.39, 0.29) is 0 Å². The molecule has 2 atom stereocenters. The van der Waals surface area contributed by atoms with Gasteiger partial charge in [0.15, 0.2) is 0 Å². The molecule has 17 heavy (non-hydrogen) atoms. The van der Waals surface area contributed by atoms with Crippen molar-refractivity contribution in [3.8, 4) is 5.75 Å². The van der Waals surface area contributed by atoms with Gasteiger partial charge in [-0.25, -0.2) is 0 Å². The average molecular weight is 256 g/mol. The number of ether oxygens (including phenoxy) is 1. The summed E-state index contributed by atoms with van der Waals surface area (Å²) in [5, 5.41) is 12.5.